The highest BCUT2D eigenvalue weighted by Gasteiger charge is 2.23. The van der Waals surface area contributed by atoms with Gasteiger partial charge in [-0.25, -0.2) is 4.79 Å². The molecule has 27 heavy (non-hydrogen) atoms. The van der Waals surface area contributed by atoms with E-state index in [2.05, 4.69) is 38.4 Å². The zero-order chi connectivity index (χ0) is 18.4. The first-order chi connectivity index (χ1) is 12.7. The number of benzene rings is 1. The molecule has 1 aromatic carbocycles. The molecule has 1 aromatic heterocycles. The van der Waals surface area contributed by atoms with Crippen molar-refractivity contribution < 1.29 is 9.53 Å². The van der Waals surface area contributed by atoms with Gasteiger partial charge in [-0.2, -0.15) is 0 Å². The highest BCUT2D eigenvalue weighted by molar-refractivity contribution is 14.0. The highest BCUT2D eigenvalue weighted by Crippen LogP contribution is 2.15. The maximum absolute atomic E-state index is 11.8. The van der Waals surface area contributed by atoms with Crippen molar-refractivity contribution in [2.45, 2.75) is 13.5 Å². The number of aromatic nitrogens is 1. The standard InChI is InChI=1S/C19H25N5O2.HI/c1-3-26-19(25)24-12-10-23(11-13-24)18(20-2)22-14-16-7-4-6-15-8-5-9-21-17(15)16;/h4-9H,3,10-14H2,1-2H3,(H,20,22);1H. The molecule has 7 nitrogen and oxygen atoms in total. The Kier molecular flexibility index (Phi) is 8.08. The predicted octanol–water partition coefficient (Wildman–Crippen LogP) is 2.70. The smallest absolute Gasteiger partial charge is 0.409 e. The molecule has 2 heterocycles. The van der Waals surface area contributed by atoms with Crippen molar-refractivity contribution >= 4 is 46.9 Å². The molecule has 3 rings (SSSR count). The van der Waals surface area contributed by atoms with Gasteiger partial charge in [0.25, 0.3) is 0 Å². The summed E-state index contributed by atoms with van der Waals surface area (Å²) in [6.45, 7) is 5.60. The number of nitrogens with zero attached hydrogens (tertiary/aromatic N) is 4. The third-order valence-electron chi connectivity index (χ3n) is 4.47. The summed E-state index contributed by atoms with van der Waals surface area (Å²) in [5, 5.41) is 4.55. The number of hydrogen-bond acceptors (Lipinski definition) is 4. The number of carbonyl (C=O) groups is 1. The van der Waals surface area contributed by atoms with Gasteiger partial charge in [0.15, 0.2) is 5.96 Å². The van der Waals surface area contributed by atoms with Gasteiger partial charge in [0, 0.05) is 51.4 Å². The monoisotopic (exact) mass is 483 g/mol. The summed E-state index contributed by atoms with van der Waals surface area (Å²) >= 11 is 0. The van der Waals surface area contributed by atoms with Gasteiger partial charge in [0.1, 0.15) is 0 Å². The molecule has 1 amide bonds. The second-order valence-electron chi connectivity index (χ2n) is 6.07. The summed E-state index contributed by atoms with van der Waals surface area (Å²) in [4.78, 5) is 24.6. The van der Waals surface area contributed by atoms with Crippen LogP contribution in [-0.4, -0.2) is 66.7 Å². The van der Waals surface area contributed by atoms with Crippen LogP contribution in [0, 0.1) is 0 Å². The van der Waals surface area contributed by atoms with Crippen molar-refractivity contribution in [2.75, 3.05) is 39.8 Å². The molecule has 1 fully saturated rings. The Morgan fingerprint density at radius 2 is 1.89 bits per heavy atom. The molecule has 1 saturated heterocycles. The van der Waals surface area contributed by atoms with E-state index in [0.717, 1.165) is 35.5 Å². The molecule has 0 spiro atoms. The average Bonchev–Trinajstić information content (AvgIpc) is 2.69. The molecular formula is C19H26IN5O2. The van der Waals surface area contributed by atoms with Crippen molar-refractivity contribution in [3.63, 3.8) is 0 Å². The number of guanidine groups is 1. The molecule has 0 saturated carbocycles. The van der Waals surface area contributed by atoms with Crippen LogP contribution in [0.5, 0.6) is 0 Å². The molecule has 8 heteroatoms. The van der Waals surface area contributed by atoms with Crippen LogP contribution in [0.2, 0.25) is 0 Å². The van der Waals surface area contributed by atoms with Crippen molar-refractivity contribution in [1.82, 2.24) is 20.1 Å². The molecule has 0 unspecified atom stereocenters. The number of aliphatic imine (C=N–C) groups is 1. The summed E-state index contributed by atoms with van der Waals surface area (Å²) in [6.07, 6.45) is 1.58. The molecule has 0 aliphatic carbocycles. The predicted molar refractivity (Wildman–Crippen MR) is 118 cm³/mol. The van der Waals surface area contributed by atoms with Crippen LogP contribution in [-0.2, 0) is 11.3 Å². The van der Waals surface area contributed by atoms with Crippen LogP contribution in [0.1, 0.15) is 12.5 Å². The fourth-order valence-electron chi connectivity index (χ4n) is 3.13. The first-order valence-electron chi connectivity index (χ1n) is 8.93. The summed E-state index contributed by atoms with van der Waals surface area (Å²) in [5.74, 6) is 0.835. The third kappa shape index (κ3) is 5.21. The first-order valence-corrected chi connectivity index (χ1v) is 8.93. The summed E-state index contributed by atoms with van der Waals surface area (Å²) in [5.41, 5.74) is 2.14. The maximum Gasteiger partial charge on any atom is 0.409 e. The van der Waals surface area contributed by atoms with Gasteiger partial charge in [-0.05, 0) is 18.6 Å². The van der Waals surface area contributed by atoms with E-state index in [0.29, 0.717) is 26.2 Å². The third-order valence-corrected chi connectivity index (χ3v) is 4.47. The van der Waals surface area contributed by atoms with Gasteiger partial charge < -0.3 is 19.9 Å². The zero-order valence-corrected chi connectivity index (χ0v) is 18.1. The number of ether oxygens (including phenoxy) is 1. The van der Waals surface area contributed by atoms with Crippen LogP contribution in [0.4, 0.5) is 4.79 Å². The minimum atomic E-state index is -0.239. The maximum atomic E-state index is 11.8. The fraction of sp³-hybridized carbons (Fsp3) is 0.421. The average molecular weight is 483 g/mol. The van der Waals surface area contributed by atoms with E-state index in [1.807, 2.05) is 25.3 Å². The molecule has 146 valence electrons. The molecule has 1 aliphatic rings. The number of rotatable bonds is 3. The van der Waals surface area contributed by atoms with Crippen LogP contribution in [0.15, 0.2) is 41.5 Å². The number of halogens is 1. The number of nitrogens with one attached hydrogen (secondary N) is 1. The van der Waals surface area contributed by atoms with Crippen LogP contribution in [0.3, 0.4) is 0 Å². The number of pyridine rings is 1. The van der Waals surface area contributed by atoms with Crippen LogP contribution in [0.25, 0.3) is 10.9 Å². The van der Waals surface area contributed by atoms with E-state index in [4.69, 9.17) is 4.74 Å². The SMILES string of the molecule is CCOC(=O)N1CCN(C(=NC)NCc2cccc3cccnc23)CC1.I. The molecule has 0 atom stereocenters. The van der Waals surface area contributed by atoms with Crippen LogP contribution < -0.4 is 5.32 Å². The number of amides is 1. The van der Waals surface area contributed by atoms with Crippen molar-refractivity contribution in [2.24, 2.45) is 4.99 Å². The first kappa shape index (κ1) is 21.2. The normalized spacial score (nSPS) is 14.7. The Balaban J connectivity index is 0.00000261. The molecule has 1 N–H and O–H groups in total. The van der Waals surface area contributed by atoms with E-state index in [1.54, 1.807) is 11.9 Å². The van der Waals surface area contributed by atoms with Crippen molar-refractivity contribution in [3.8, 4) is 0 Å². The second-order valence-corrected chi connectivity index (χ2v) is 6.07. The summed E-state index contributed by atoms with van der Waals surface area (Å²) in [7, 11) is 1.78. The Hall–Kier alpha value is -2.10. The largest absolute Gasteiger partial charge is 0.450 e. The van der Waals surface area contributed by atoms with E-state index < -0.39 is 0 Å². The fourth-order valence-corrected chi connectivity index (χ4v) is 3.13. The Morgan fingerprint density at radius 3 is 2.59 bits per heavy atom. The molecule has 2 aromatic rings. The Bertz CT molecular complexity index is 785. The Labute approximate surface area is 176 Å². The van der Waals surface area contributed by atoms with E-state index >= 15 is 0 Å². The van der Waals surface area contributed by atoms with Gasteiger partial charge >= 0.3 is 6.09 Å². The van der Waals surface area contributed by atoms with E-state index in [1.165, 1.54) is 0 Å². The van der Waals surface area contributed by atoms with Crippen molar-refractivity contribution in [1.29, 1.82) is 0 Å². The van der Waals surface area contributed by atoms with Gasteiger partial charge in [-0.3, -0.25) is 9.98 Å². The van der Waals surface area contributed by atoms with Gasteiger partial charge in [0.05, 0.1) is 12.1 Å². The number of fused-ring (bicyclic) bond motifs is 1. The minimum Gasteiger partial charge on any atom is -0.450 e. The lowest BCUT2D eigenvalue weighted by atomic mass is 10.1. The van der Waals surface area contributed by atoms with E-state index in [-0.39, 0.29) is 30.1 Å². The minimum absolute atomic E-state index is 0. The van der Waals surface area contributed by atoms with Gasteiger partial charge in [-0.15, -0.1) is 24.0 Å². The molecule has 0 radical (unpaired) electrons. The van der Waals surface area contributed by atoms with Crippen LogP contribution >= 0.6 is 24.0 Å². The van der Waals surface area contributed by atoms with Crippen molar-refractivity contribution in [3.05, 3.63) is 42.1 Å². The topological polar surface area (TPSA) is 70.1 Å². The zero-order valence-electron chi connectivity index (χ0n) is 15.7. The molecular weight excluding hydrogens is 457 g/mol. The number of para-hydroxylation sites is 1. The lowest BCUT2D eigenvalue weighted by molar-refractivity contribution is 0.0914. The molecule has 0 bridgehead atoms. The number of piperazine rings is 1. The van der Waals surface area contributed by atoms with E-state index in [9.17, 15) is 4.79 Å². The summed E-state index contributed by atoms with van der Waals surface area (Å²) in [6, 6.07) is 10.2. The lowest BCUT2D eigenvalue weighted by Gasteiger charge is -2.35. The second kappa shape index (κ2) is 10.3. The lowest BCUT2D eigenvalue weighted by Crippen LogP contribution is -2.53. The number of hydrogen-bond donors (Lipinski definition) is 1. The molecule has 1 aliphatic heterocycles. The highest BCUT2D eigenvalue weighted by atomic mass is 127. The summed E-state index contributed by atoms with van der Waals surface area (Å²) < 4.78 is 5.07. The van der Waals surface area contributed by atoms with Gasteiger partial charge in [0.2, 0.25) is 0 Å². The number of carbonyl (C=O) groups excluding carboxylic acids is 1. The van der Waals surface area contributed by atoms with Gasteiger partial charge in [-0.1, -0.05) is 24.3 Å². The Morgan fingerprint density at radius 1 is 1.19 bits per heavy atom. The quantitative estimate of drug-likeness (QED) is 0.413.